The monoisotopic (exact) mass is 524 g/mol. The van der Waals surface area contributed by atoms with Crippen LogP contribution in [-0.2, 0) is 15.7 Å². The summed E-state index contributed by atoms with van der Waals surface area (Å²) < 4.78 is 51.8. The van der Waals surface area contributed by atoms with E-state index in [1.165, 1.54) is 29.9 Å². The zero-order chi connectivity index (χ0) is 26.3. The summed E-state index contributed by atoms with van der Waals surface area (Å²) in [5.41, 5.74) is 0.515. The smallest absolute Gasteiger partial charge is 0.416 e. The van der Waals surface area contributed by atoms with Gasteiger partial charge in [-0.3, -0.25) is 9.36 Å². The lowest BCUT2D eigenvalue weighted by Gasteiger charge is -2.24. The van der Waals surface area contributed by atoms with E-state index in [-0.39, 0.29) is 28.2 Å². The van der Waals surface area contributed by atoms with Crippen LogP contribution < -0.4 is 14.9 Å². The van der Waals surface area contributed by atoms with Gasteiger partial charge in [0.25, 0.3) is 5.56 Å². The number of hydrogen-bond acceptors (Lipinski definition) is 6. The van der Waals surface area contributed by atoms with Gasteiger partial charge in [-0.2, -0.15) is 13.2 Å². The molecule has 2 aromatic carbocycles. The molecule has 6 nitrogen and oxygen atoms in total. The number of hydrogen-bond donors (Lipinski definition) is 0. The fourth-order valence-corrected chi connectivity index (χ4v) is 5.23. The number of carbonyl (C=O) groups is 1. The average molecular weight is 525 g/mol. The third-order valence-electron chi connectivity index (χ3n) is 5.92. The normalized spacial score (nSPS) is 15.9. The minimum Gasteiger partial charge on any atom is -0.466 e. The van der Waals surface area contributed by atoms with Crippen molar-refractivity contribution >= 4 is 23.4 Å². The molecule has 0 radical (unpaired) electrons. The minimum atomic E-state index is -4.48. The summed E-state index contributed by atoms with van der Waals surface area (Å²) in [6.45, 7) is 1.69. The number of thiazole rings is 1. The number of methoxy groups -OCH3 is 1. The number of aromatic nitrogens is 1. The van der Waals surface area contributed by atoms with Crippen LogP contribution in [0.4, 0.5) is 13.2 Å². The molecule has 1 atom stereocenters. The van der Waals surface area contributed by atoms with E-state index < -0.39 is 23.8 Å². The number of alkyl halides is 3. The van der Waals surface area contributed by atoms with Gasteiger partial charge in [0, 0.05) is 11.6 Å². The summed E-state index contributed by atoms with van der Waals surface area (Å²) in [4.78, 5) is 31.1. The van der Waals surface area contributed by atoms with E-state index in [1.54, 1.807) is 19.1 Å². The quantitative estimate of drug-likeness (QED) is 0.363. The fraction of sp³-hybridized carbons (Fsp3) is 0.148. The van der Waals surface area contributed by atoms with Crippen LogP contribution in [0.3, 0.4) is 0 Å². The molecule has 1 aliphatic rings. The Morgan fingerprint density at radius 1 is 1.11 bits per heavy atom. The first-order valence-electron chi connectivity index (χ1n) is 11.1. The Bertz CT molecular complexity index is 1710. The molecule has 1 aliphatic heterocycles. The van der Waals surface area contributed by atoms with Crippen LogP contribution in [-0.4, -0.2) is 17.6 Å². The molecule has 0 fully saturated rings. The lowest BCUT2D eigenvalue weighted by Crippen LogP contribution is -2.39. The first kappa shape index (κ1) is 24.5. The van der Waals surface area contributed by atoms with Crippen LogP contribution >= 0.6 is 11.3 Å². The highest BCUT2D eigenvalue weighted by Gasteiger charge is 2.33. The van der Waals surface area contributed by atoms with Gasteiger partial charge in [0.05, 0.1) is 34.5 Å². The van der Waals surface area contributed by atoms with E-state index >= 15 is 0 Å². The number of carbonyl (C=O) groups excluding carboxylic acids is 1. The largest absolute Gasteiger partial charge is 0.466 e. The molecule has 0 amide bonds. The molecule has 10 heteroatoms. The van der Waals surface area contributed by atoms with Crippen molar-refractivity contribution in [2.75, 3.05) is 7.11 Å². The van der Waals surface area contributed by atoms with Crippen molar-refractivity contribution < 1.29 is 27.1 Å². The molecule has 4 aromatic rings. The van der Waals surface area contributed by atoms with Gasteiger partial charge in [0.1, 0.15) is 11.5 Å². The highest BCUT2D eigenvalue weighted by atomic mass is 32.1. The van der Waals surface area contributed by atoms with E-state index in [9.17, 15) is 22.8 Å². The average Bonchev–Trinajstić information content (AvgIpc) is 3.47. The molecule has 188 valence electrons. The zero-order valence-electron chi connectivity index (χ0n) is 19.6. The van der Waals surface area contributed by atoms with E-state index in [2.05, 4.69) is 4.99 Å². The lowest BCUT2D eigenvalue weighted by atomic mass is 9.96. The van der Waals surface area contributed by atoms with Crippen LogP contribution in [0.2, 0.25) is 0 Å². The molecular weight excluding hydrogens is 505 g/mol. The Morgan fingerprint density at radius 3 is 2.57 bits per heavy atom. The van der Waals surface area contributed by atoms with Gasteiger partial charge < -0.3 is 9.15 Å². The summed E-state index contributed by atoms with van der Waals surface area (Å²) >= 11 is 1.12. The van der Waals surface area contributed by atoms with Gasteiger partial charge in [-0.05, 0) is 36.8 Å². The summed E-state index contributed by atoms with van der Waals surface area (Å²) in [5, 5.41) is 0. The summed E-state index contributed by atoms with van der Waals surface area (Å²) in [7, 11) is 1.27. The molecular formula is C27H19F3N2O4S. The van der Waals surface area contributed by atoms with Crippen molar-refractivity contribution in [1.82, 2.24) is 4.57 Å². The second kappa shape index (κ2) is 9.36. The summed E-state index contributed by atoms with van der Waals surface area (Å²) in [6, 6.07) is 16.3. The molecule has 5 rings (SSSR count). The Balaban J connectivity index is 1.60. The van der Waals surface area contributed by atoms with Gasteiger partial charge in [0.2, 0.25) is 0 Å². The second-order valence-electron chi connectivity index (χ2n) is 8.26. The third kappa shape index (κ3) is 4.55. The van der Waals surface area contributed by atoms with E-state index in [0.29, 0.717) is 15.0 Å². The standard InChI is InChI=1S/C27H19F3N2O4S/c1-15-22(25(34)35-2)23(16-7-4-3-5-8-16)32-24(33)21(37-26(32)31-15)14-19-11-12-20(36-19)17-9-6-10-18(13-17)27(28,29)30/h3-14,23H,1-2H3/b21-14+/t23-/m1/s1. The molecule has 0 bridgehead atoms. The fourth-order valence-electron chi connectivity index (χ4n) is 4.21. The maximum absolute atomic E-state index is 13.5. The molecule has 37 heavy (non-hydrogen) atoms. The molecule has 0 unspecified atom stereocenters. The van der Waals surface area contributed by atoms with Gasteiger partial charge >= 0.3 is 12.1 Å². The first-order chi connectivity index (χ1) is 17.7. The predicted octanol–water partition coefficient (Wildman–Crippen LogP) is 4.69. The van der Waals surface area contributed by atoms with Crippen LogP contribution in [0, 0.1) is 0 Å². The van der Waals surface area contributed by atoms with Crippen molar-refractivity contribution in [3.05, 3.63) is 115 Å². The number of allylic oxidation sites excluding steroid dienone is 1. The van der Waals surface area contributed by atoms with Crippen molar-refractivity contribution in [1.29, 1.82) is 0 Å². The number of nitrogens with zero attached hydrogens (tertiary/aromatic N) is 2. The van der Waals surface area contributed by atoms with Gasteiger partial charge in [-0.25, -0.2) is 9.79 Å². The van der Waals surface area contributed by atoms with Crippen LogP contribution in [0.25, 0.3) is 17.4 Å². The Hall–Kier alpha value is -4.18. The molecule has 0 saturated carbocycles. The van der Waals surface area contributed by atoms with Crippen molar-refractivity contribution in [3.8, 4) is 11.3 Å². The second-order valence-corrected chi connectivity index (χ2v) is 9.27. The number of benzene rings is 2. The highest BCUT2D eigenvalue weighted by molar-refractivity contribution is 7.07. The van der Waals surface area contributed by atoms with Crippen LogP contribution in [0.5, 0.6) is 0 Å². The number of esters is 1. The summed E-state index contributed by atoms with van der Waals surface area (Å²) in [5.74, 6) is -0.0601. The van der Waals surface area contributed by atoms with Crippen LogP contribution in [0.1, 0.15) is 29.9 Å². The maximum atomic E-state index is 13.5. The molecule has 2 aromatic heterocycles. The molecule has 0 saturated heterocycles. The summed E-state index contributed by atoms with van der Waals surface area (Å²) in [6.07, 6.45) is -2.96. The number of halogens is 3. The number of rotatable bonds is 4. The van der Waals surface area contributed by atoms with E-state index in [0.717, 1.165) is 29.0 Å². The van der Waals surface area contributed by atoms with Crippen LogP contribution in [0.15, 0.2) is 92.2 Å². The van der Waals surface area contributed by atoms with E-state index in [1.807, 2.05) is 30.3 Å². The minimum absolute atomic E-state index is 0.233. The van der Waals surface area contributed by atoms with Gasteiger partial charge in [-0.15, -0.1) is 0 Å². The number of furan rings is 1. The van der Waals surface area contributed by atoms with E-state index in [4.69, 9.17) is 9.15 Å². The number of ether oxygens (including phenoxy) is 1. The third-order valence-corrected chi connectivity index (χ3v) is 6.90. The highest BCUT2D eigenvalue weighted by Crippen LogP contribution is 2.33. The van der Waals surface area contributed by atoms with Crippen molar-refractivity contribution in [3.63, 3.8) is 0 Å². The Kier molecular flexibility index (Phi) is 6.20. The molecule has 0 aliphatic carbocycles. The first-order valence-corrected chi connectivity index (χ1v) is 11.9. The predicted molar refractivity (Wildman–Crippen MR) is 131 cm³/mol. The number of fused-ring (bicyclic) bond motifs is 1. The topological polar surface area (TPSA) is 73.8 Å². The maximum Gasteiger partial charge on any atom is 0.416 e. The SMILES string of the molecule is COC(=O)C1=C(C)N=c2s/c(=C/c3ccc(-c4cccc(C(F)(F)F)c4)o3)c(=O)n2[C@@H]1c1ccccc1. The van der Waals surface area contributed by atoms with Crippen molar-refractivity contribution in [2.45, 2.75) is 19.1 Å². The van der Waals surface area contributed by atoms with Crippen molar-refractivity contribution in [2.24, 2.45) is 4.99 Å². The Labute approximate surface area is 212 Å². The van der Waals surface area contributed by atoms with Gasteiger partial charge in [-0.1, -0.05) is 53.8 Å². The van der Waals surface area contributed by atoms with Gasteiger partial charge in [0.15, 0.2) is 4.80 Å². The Morgan fingerprint density at radius 2 is 1.86 bits per heavy atom. The molecule has 0 N–H and O–H groups in total. The lowest BCUT2D eigenvalue weighted by molar-refractivity contribution is -0.138. The molecule has 0 spiro atoms. The zero-order valence-corrected chi connectivity index (χ0v) is 20.4. The molecule has 3 heterocycles.